The van der Waals surface area contributed by atoms with Gasteiger partial charge in [0.05, 0.1) is 16.1 Å². The van der Waals surface area contributed by atoms with Gasteiger partial charge in [-0.2, -0.15) is 13.2 Å². The number of benzene rings is 3. The normalized spacial score (nSPS) is 11.7. The fraction of sp³-hybridized carbons (Fsp3) is 0.174. The van der Waals surface area contributed by atoms with E-state index < -0.39 is 34.3 Å². The lowest BCUT2D eigenvalue weighted by atomic mass is 10.1. The fourth-order valence-corrected chi connectivity index (χ4v) is 4.18. The molecule has 0 heterocycles. The van der Waals surface area contributed by atoms with Crippen LogP contribution >= 0.6 is 0 Å². The van der Waals surface area contributed by atoms with Crippen molar-refractivity contribution in [2.75, 3.05) is 16.6 Å². The van der Waals surface area contributed by atoms with Crippen LogP contribution in [0.1, 0.15) is 16.7 Å². The van der Waals surface area contributed by atoms with E-state index >= 15 is 0 Å². The first-order valence-electron chi connectivity index (χ1n) is 9.74. The highest BCUT2D eigenvalue weighted by molar-refractivity contribution is 7.92. The van der Waals surface area contributed by atoms with Gasteiger partial charge in [-0.1, -0.05) is 18.2 Å². The third-order valence-electron chi connectivity index (χ3n) is 4.48. The van der Waals surface area contributed by atoms with Crippen molar-refractivity contribution in [2.24, 2.45) is 0 Å². The Morgan fingerprint density at radius 2 is 1.55 bits per heavy atom. The van der Waals surface area contributed by atoms with Gasteiger partial charge < -0.3 is 10.1 Å². The Bertz CT molecular complexity index is 1240. The highest BCUT2D eigenvalue weighted by atomic mass is 32.2. The van der Waals surface area contributed by atoms with E-state index in [4.69, 9.17) is 4.74 Å². The Morgan fingerprint density at radius 3 is 2.15 bits per heavy atom. The highest BCUT2D eigenvalue weighted by Crippen LogP contribution is 2.34. The lowest BCUT2D eigenvalue weighted by Gasteiger charge is -2.14. The van der Waals surface area contributed by atoms with E-state index in [0.717, 1.165) is 23.3 Å². The molecule has 10 heteroatoms. The van der Waals surface area contributed by atoms with Gasteiger partial charge in [0.25, 0.3) is 15.9 Å². The van der Waals surface area contributed by atoms with Gasteiger partial charge in [0.15, 0.2) is 6.61 Å². The van der Waals surface area contributed by atoms with Crippen molar-refractivity contribution in [3.8, 4) is 5.75 Å². The van der Waals surface area contributed by atoms with Gasteiger partial charge in [-0.3, -0.25) is 9.52 Å². The number of ether oxygens (including phenoxy) is 1. The monoisotopic (exact) mass is 478 g/mol. The van der Waals surface area contributed by atoms with E-state index in [1.807, 2.05) is 19.9 Å². The van der Waals surface area contributed by atoms with Crippen molar-refractivity contribution >= 4 is 27.3 Å². The number of carbonyl (C=O) groups excluding carboxylic acids is 1. The number of para-hydroxylation sites is 1. The SMILES string of the molecule is Cc1cc(C)cc(NS(=O)(=O)c2ccc(OCC(=O)Nc3ccccc3C(F)(F)F)cc2)c1. The number of nitrogens with one attached hydrogen (secondary N) is 2. The lowest BCUT2D eigenvalue weighted by Crippen LogP contribution is -2.22. The van der Waals surface area contributed by atoms with Crippen LogP contribution in [0.2, 0.25) is 0 Å². The number of halogens is 3. The number of hydrogen-bond acceptors (Lipinski definition) is 4. The summed E-state index contributed by atoms with van der Waals surface area (Å²) in [6.07, 6.45) is -4.61. The molecule has 0 saturated carbocycles. The van der Waals surface area contributed by atoms with Crippen molar-refractivity contribution in [1.82, 2.24) is 0 Å². The van der Waals surface area contributed by atoms with Gasteiger partial charge in [-0.15, -0.1) is 0 Å². The predicted molar refractivity (Wildman–Crippen MR) is 119 cm³/mol. The summed E-state index contributed by atoms with van der Waals surface area (Å²) in [4.78, 5) is 12.0. The molecule has 0 aliphatic heterocycles. The van der Waals surface area contributed by atoms with Crippen LogP contribution in [0.5, 0.6) is 5.75 Å². The summed E-state index contributed by atoms with van der Waals surface area (Å²) in [5.74, 6) is -0.612. The van der Waals surface area contributed by atoms with Gasteiger partial charge in [0.1, 0.15) is 5.75 Å². The number of alkyl halides is 3. The van der Waals surface area contributed by atoms with Crippen LogP contribution in [-0.2, 0) is 21.0 Å². The second kappa shape index (κ2) is 9.53. The molecular formula is C23H21F3N2O4S. The van der Waals surface area contributed by atoms with Gasteiger partial charge >= 0.3 is 6.18 Å². The second-order valence-corrected chi connectivity index (χ2v) is 9.02. The van der Waals surface area contributed by atoms with Gasteiger partial charge in [0.2, 0.25) is 0 Å². The van der Waals surface area contributed by atoms with Crippen LogP contribution in [0.4, 0.5) is 24.5 Å². The summed E-state index contributed by atoms with van der Waals surface area (Å²) in [7, 11) is -3.85. The Balaban J connectivity index is 1.62. The molecule has 0 spiro atoms. The van der Waals surface area contributed by atoms with E-state index in [1.54, 1.807) is 12.1 Å². The second-order valence-electron chi connectivity index (χ2n) is 7.33. The van der Waals surface area contributed by atoms with Crippen LogP contribution in [0.25, 0.3) is 0 Å². The number of carbonyl (C=O) groups is 1. The topological polar surface area (TPSA) is 84.5 Å². The molecule has 0 saturated heterocycles. The third-order valence-corrected chi connectivity index (χ3v) is 5.88. The molecule has 6 nitrogen and oxygen atoms in total. The van der Waals surface area contributed by atoms with Gasteiger partial charge in [-0.25, -0.2) is 8.42 Å². The zero-order valence-corrected chi connectivity index (χ0v) is 18.5. The molecule has 0 bridgehead atoms. The van der Waals surface area contributed by atoms with Crippen LogP contribution in [0.15, 0.2) is 71.6 Å². The summed E-state index contributed by atoms with van der Waals surface area (Å²) in [5, 5.41) is 2.17. The number of aryl methyl sites for hydroxylation is 2. The molecule has 3 rings (SSSR count). The van der Waals surface area contributed by atoms with Crippen LogP contribution in [0.3, 0.4) is 0 Å². The molecule has 174 valence electrons. The fourth-order valence-electron chi connectivity index (χ4n) is 3.14. The molecule has 0 unspecified atom stereocenters. The molecule has 0 aromatic heterocycles. The van der Waals surface area contributed by atoms with Crippen molar-refractivity contribution in [3.05, 3.63) is 83.4 Å². The zero-order valence-electron chi connectivity index (χ0n) is 17.7. The Labute approximate surface area is 189 Å². The maximum atomic E-state index is 13.0. The summed E-state index contributed by atoms with van der Waals surface area (Å²) < 4.78 is 72.1. The minimum atomic E-state index is -4.61. The molecule has 0 radical (unpaired) electrons. The molecule has 1 amide bonds. The van der Waals surface area contributed by atoms with Crippen LogP contribution in [0, 0.1) is 13.8 Å². The largest absolute Gasteiger partial charge is 0.484 e. The van der Waals surface area contributed by atoms with E-state index in [-0.39, 0.29) is 16.3 Å². The number of hydrogen-bond donors (Lipinski definition) is 2. The predicted octanol–water partition coefficient (Wildman–Crippen LogP) is 5.14. The number of rotatable bonds is 7. The molecule has 2 N–H and O–H groups in total. The van der Waals surface area contributed by atoms with Crippen molar-refractivity contribution in [1.29, 1.82) is 0 Å². The molecule has 33 heavy (non-hydrogen) atoms. The summed E-state index contributed by atoms with van der Waals surface area (Å²) in [6.45, 7) is 3.16. The first-order valence-corrected chi connectivity index (χ1v) is 11.2. The van der Waals surface area contributed by atoms with E-state index in [2.05, 4.69) is 10.0 Å². The van der Waals surface area contributed by atoms with Crippen molar-refractivity contribution in [2.45, 2.75) is 24.9 Å². The lowest BCUT2D eigenvalue weighted by molar-refractivity contribution is -0.137. The first kappa shape index (κ1) is 24.1. The Morgan fingerprint density at radius 1 is 0.939 bits per heavy atom. The quantitative estimate of drug-likeness (QED) is 0.493. The van der Waals surface area contributed by atoms with E-state index in [0.29, 0.717) is 5.69 Å². The molecule has 3 aromatic rings. The number of sulfonamides is 1. The van der Waals surface area contributed by atoms with Gasteiger partial charge in [-0.05, 0) is 73.5 Å². The summed E-state index contributed by atoms with van der Waals surface area (Å²) >= 11 is 0. The minimum Gasteiger partial charge on any atom is -0.484 e. The smallest absolute Gasteiger partial charge is 0.418 e. The average molecular weight is 478 g/mol. The minimum absolute atomic E-state index is 0.0161. The standard InChI is InChI=1S/C23H21F3N2O4S/c1-15-11-16(2)13-17(12-15)28-33(30,31)19-9-7-18(8-10-19)32-14-22(29)27-21-6-4-3-5-20(21)23(24,25)26/h3-13,28H,14H2,1-2H3,(H,27,29). The third kappa shape index (κ3) is 6.48. The molecule has 3 aromatic carbocycles. The Hall–Kier alpha value is -3.53. The van der Waals surface area contributed by atoms with Crippen LogP contribution in [-0.4, -0.2) is 20.9 Å². The van der Waals surface area contributed by atoms with E-state index in [9.17, 15) is 26.4 Å². The first-order chi connectivity index (χ1) is 15.4. The van der Waals surface area contributed by atoms with Crippen LogP contribution < -0.4 is 14.8 Å². The Kier molecular flexibility index (Phi) is 6.97. The van der Waals surface area contributed by atoms with Crippen molar-refractivity contribution < 1.29 is 31.1 Å². The average Bonchev–Trinajstić information content (AvgIpc) is 2.71. The molecule has 0 fully saturated rings. The summed E-state index contributed by atoms with van der Waals surface area (Å²) in [5.41, 5.74) is 0.908. The van der Waals surface area contributed by atoms with Gasteiger partial charge in [0, 0.05) is 5.69 Å². The zero-order chi connectivity index (χ0) is 24.2. The van der Waals surface area contributed by atoms with Crippen molar-refractivity contribution in [3.63, 3.8) is 0 Å². The number of anilines is 2. The molecule has 0 aliphatic carbocycles. The number of amides is 1. The molecule has 0 atom stereocenters. The van der Waals surface area contributed by atoms with E-state index in [1.165, 1.54) is 36.4 Å². The summed E-state index contributed by atoms with van der Waals surface area (Å²) in [6, 6.07) is 15.2. The maximum Gasteiger partial charge on any atom is 0.418 e. The molecular weight excluding hydrogens is 457 g/mol. The maximum absolute atomic E-state index is 13.0. The highest BCUT2D eigenvalue weighted by Gasteiger charge is 2.33. The molecule has 0 aliphatic rings.